The van der Waals surface area contributed by atoms with Gasteiger partial charge in [-0.2, -0.15) is 0 Å². The first-order valence-electron chi connectivity index (χ1n) is 7.17. The largest absolute Gasteiger partial charge is 0.481 e. The monoisotopic (exact) mass is 292 g/mol. The van der Waals surface area contributed by atoms with Gasteiger partial charge in [-0.15, -0.1) is 0 Å². The normalized spacial score (nSPS) is 17.2. The molecule has 0 aromatic heterocycles. The summed E-state index contributed by atoms with van der Waals surface area (Å²) in [7, 11) is 0. The van der Waals surface area contributed by atoms with Gasteiger partial charge >= 0.3 is 5.97 Å². The highest BCUT2D eigenvalue weighted by molar-refractivity contribution is 5.76. The third-order valence-electron chi connectivity index (χ3n) is 4.32. The van der Waals surface area contributed by atoms with Crippen LogP contribution in [-0.4, -0.2) is 22.5 Å². The Kier molecular flexibility index (Phi) is 4.45. The second kappa shape index (κ2) is 6.11. The summed E-state index contributed by atoms with van der Waals surface area (Å²) < 4.78 is 0. The molecule has 21 heavy (non-hydrogen) atoms. The molecule has 0 saturated heterocycles. The number of hydrogen-bond acceptors (Lipinski definition) is 4. The van der Waals surface area contributed by atoms with Gasteiger partial charge in [0, 0.05) is 12.6 Å². The zero-order valence-electron chi connectivity index (χ0n) is 12.1. The molecule has 114 valence electrons. The van der Waals surface area contributed by atoms with E-state index in [0.717, 1.165) is 24.8 Å². The van der Waals surface area contributed by atoms with Crippen molar-refractivity contribution in [1.82, 2.24) is 0 Å². The maximum Gasteiger partial charge on any atom is 0.311 e. The molecule has 2 rings (SSSR count). The van der Waals surface area contributed by atoms with Crippen LogP contribution in [0.2, 0.25) is 0 Å². The number of nitrogens with one attached hydrogen (secondary N) is 1. The topological polar surface area (TPSA) is 92.5 Å². The van der Waals surface area contributed by atoms with E-state index in [1.165, 1.54) is 6.07 Å². The van der Waals surface area contributed by atoms with Gasteiger partial charge in [-0.05, 0) is 25.3 Å². The quantitative estimate of drug-likeness (QED) is 0.641. The fraction of sp³-hybridized carbons (Fsp3) is 0.533. The third kappa shape index (κ3) is 3.15. The van der Waals surface area contributed by atoms with Gasteiger partial charge in [0.2, 0.25) is 0 Å². The summed E-state index contributed by atoms with van der Waals surface area (Å²) in [4.78, 5) is 22.3. The zero-order chi connectivity index (χ0) is 15.5. The number of benzene rings is 1. The van der Waals surface area contributed by atoms with Crippen LogP contribution < -0.4 is 5.32 Å². The van der Waals surface area contributed by atoms with Crippen molar-refractivity contribution >= 4 is 17.3 Å². The minimum atomic E-state index is -0.814. The molecule has 1 saturated carbocycles. The van der Waals surface area contributed by atoms with Crippen molar-refractivity contribution in [2.45, 2.75) is 39.0 Å². The van der Waals surface area contributed by atoms with Crippen molar-refractivity contribution in [2.75, 3.05) is 11.9 Å². The summed E-state index contributed by atoms with van der Waals surface area (Å²) in [6.45, 7) is 2.01. The van der Waals surface area contributed by atoms with Gasteiger partial charge in [-0.3, -0.25) is 14.9 Å². The Morgan fingerprint density at radius 2 is 2.05 bits per heavy atom. The molecule has 1 aromatic rings. The molecule has 0 unspecified atom stereocenters. The summed E-state index contributed by atoms with van der Waals surface area (Å²) in [5.74, 6) is -0.814. The van der Waals surface area contributed by atoms with Crippen LogP contribution in [0.4, 0.5) is 11.4 Å². The number of carboxylic acids is 1. The van der Waals surface area contributed by atoms with Crippen LogP contribution in [0.15, 0.2) is 18.2 Å². The Morgan fingerprint density at radius 1 is 1.38 bits per heavy atom. The van der Waals surface area contributed by atoms with E-state index in [4.69, 9.17) is 0 Å². The van der Waals surface area contributed by atoms with Crippen LogP contribution in [-0.2, 0) is 4.79 Å². The maximum atomic E-state index is 11.6. The van der Waals surface area contributed by atoms with E-state index in [-0.39, 0.29) is 12.2 Å². The van der Waals surface area contributed by atoms with Crippen LogP contribution >= 0.6 is 0 Å². The Bertz CT molecular complexity index is 551. The second-order valence-corrected chi connectivity index (χ2v) is 5.73. The first-order valence-corrected chi connectivity index (χ1v) is 7.17. The van der Waals surface area contributed by atoms with E-state index in [2.05, 4.69) is 5.32 Å². The van der Waals surface area contributed by atoms with E-state index in [1.807, 2.05) is 0 Å². The average molecular weight is 292 g/mol. The molecule has 0 spiro atoms. The molecule has 0 radical (unpaired) electrons. The van der Waals surface area contributed by atoms with Gasteiger partial charge in [0.15, 0.2) is 0 Å². The van der Waals surface area contributed by atoms with Crippen molar-refractivity contribution in [3.63, 3.8) is 0 Å². The number of nitro groups is 1. The molecule has 6 nitrogen and oxygen atoms in total. The van der Waals surface area contributed by atoms with Gasteiger partial charge in [0.25, 0.3) is 5.69 Å². The lowest BCUT2D eigenvalue weighted by molar-refractivity contribution is -0.384. The molecule has 0 aliphatic heterocycles. The number of hydrogen-bond donors (Lipinski definition) is 2. The highest BCUT2D eigenvalue weighted by Gasteiger charge is 2.39. The number of nitro benzene ring substituents is 1. The first-order chi connectivity index (χ1) is 9.96. The number of aryl methyl sites for hydroxylation is 1. The zero-order valence-corrected chi connectivity index (χ0v) is 12.1. The molecule has 1 aromatic carbocycles. The molecule has 6 heteroatoms. The third-order valence-corrected chi connectivity index (χ3v) is 4.32. The number of rotatable bonds is 5. The molecule has 2 N–H and O–H groups in total. The minimum absolute atomic E-state index is 0.00801. The lowest BCUT2D eigenvalue weighted by Gasteiger charge is -2.33. The van der Waals surface area contributed by atoms with Gasteiger partial charge in [0.05, 0.1) is 10.3 Å². The van der Waals surface area contributed by atoms with Crippen molar-refractivity contribution < 1.29 is 14.8 Å². The van der Waals surface area contributed by atoms with Crippen LogP contribution in [0.5, 0.6) is 0 Å². The molecule has 0 bridgehead atoms. The number of carboxylic acid groups (broad SMARTS) is 1. The summed E-state index contributed by atoms with van der Waals surface area (Å²) in [6, 6.07) is 4.85. The smallest absolute Gasteiger partial charge is 0.311 e. The number of para-hydroxylation sites is 1. The molecule has 1 aliphatic rings. The van der Waals surface area contributed by atoms with Gasteiger partial charge < -0.3 is 10.4 Å². The van der Waals surface area contributed by atoms with E-state index >= 15 is 0 Å². The molecule has 0 amide bonds. The first kappa shape index (κ1) is 15.3. The predicted molar refractivity (Wildman–Crippen MR) is 79.5 cm³/mol. The van der Waals surface area contributed by atoms with E-state index < -0.39 is 16.3 Å². The summed E-state index contributed by atoms with van der Waals surface area (Å²) >= 11 is 0. The summed E-state index contributed by atoms with van der Waals surface area (Å²) in [5, 5.41) is 23.7. The summed E-state index contributed by atoms with van der Waals surface area (Å²) in [6.07, 6.45) is 4.08. The second-order valence-electron chi connectivity index (χ2n) is 5.73. The molecular formula is C15H20N2O4. The van der Waals surface area contributed by atoms with E-state index in [0.29, 0.717) is 18.5 Å². The van der Waals surface area contributed by atoms with Gasteiger partial charge in [-0.1, -0.05) is 31.4 Å². The van der Waals surface area contributed by atoms with Crippen LogP contribution in [0.1, 0.15) is 37.7 Å². The fourth-order valence-electron chi connectivity index (χ4n) is 2.99. The highest BCUT2D eigenvalue weighted by atomic mass is 16.6. The highest BCUT2D eigenvalue weighted by Crippen LogP contribution is 2.38. The Morgan fingerprint density at radius 3 is 2.62 bits per heavy atom. The van der Waals surface area contributed by atoms with Crippen LogP contribution in [0, 0.1) is 22.5 Å². The van der Waals surface area contributed by atoms with Gasteiger partial charge in [0.1, 0.15) is 5.69 Å². The predicted octanol–water partition coefficient (Wildman–Crippen LogP) is 3.35. The van der Waals surface area contributed by atoms with Crippen molar-refractivity contribution in [3.8, 4) is 0 Å². The average Bonchev–Trinajstić information content (AvgIpc) is 2.46. The number of anilines is 1. The van der Waals surface area contributed by atoms with E-state index in [9.17, 15) is 20.0 Å². The molecule has 1 aliphatic carbocycles. The minimum Gasteiger partial charge on any atom is -0.481 e. The SMILES string of the molecule is Cc1cccc([N+](=O)[O-])c1NCC1(C(=O)O)CCCCC1. The summed E-state index contributed by atoms with van der Waals surface area (Å²) in [5.41, 5.74) is 0.356. The molecule has 1 fully saturated rings. The number of aliphatic carboxylic acids is 1. The van der Waals surface area contributed by atoms with Crippen LogP contribution in [0.3, 0.4) is 0 Å². The van der Waals surface area contributed by atoms with Crippen molar-refractivity contribution in [2.24, 2.45) is 5.41 Å². The Labute approximate surface area is 123 Å². The standard InChI is InChI=1S/C15H20N2O4/c1-11-6-5-7-12(17(20)21)13(11)16-10-15(14(18)19)8-3-2-4-9-15/h5-7,16H,2-4,8-10H2,1H3,(H,18,19). The molecule has 0 atom stereocenters. The lowest BCUT2D eigenvalue weighted by Crippen LogP contribution is -2.39. The van der Waals surface area contributed by atoms with Crippen molar-refractivity contribution in [3.05, 3.63) is 33.9 Å². The lowest BCUT2D eigenvalue weighted by atomic mass is 9.74. The van der Waals surface area contributed by atoms with Crippen LogP contribution in [0.25, 0.3) is 0 Å². The van der Waals surface area contributed by atoms with Gasteiger partial charge in [-0.25, -0.2) is 0 Å². The maximum absolute atomic E-state index is 11.6. The fourth-order valence-corrected chi connectivity index (χ4v) is 2.99. The Hall–Kier alpha value is -2.11. The Balaban J connectivity index is 2.22. The molecular weight excluding hydrogens is 272 g/mol. The number of carbonyl (C=O) groups is 1. The van der Waals surface area contributed by atoms with E-state index in [1.54, 1.807) is 19.1 Å². The number of nitrogens with zero attached hydrogens (tertiary/aromatic N) is 1. The van der Waals surface area contributed by atoms with Crippen molar-refractivity contribution in [1.29, 1.82) is 0 Å². The molecule has 0 heterocycles.